The number of carbonyl (C=O) groups is 2. The zero-order valence-electron chi connectivity index (χ0n) is 14.8. The fourth-order valence-corrected chi connectivity index (χ4v) is 2.44. The predicted molar refractivity (Wildman–Crippen MR) is 94.8 cm³/mol. The molecule has 134 valence electrons. The zero-order valence-corrected chi connectivity index (χ0v) is 14.8. The first kappa shape index (κ1) is 19.1. The van der Waals surface area contributed by atoms with Gasteiger partial charge in [-0.25, -0.2) is 4.98 Å². The van der Waals surface area contributed by atoms with Gasteiger partial charge >= 0.3 is 5.97 Å². The second kappa shape index (κ2) is 8.77. The molecule has 0 amide bonds. The highest BCUT2D eigenvalue weighted by Crippen LogP contribution is 2.24. The second-order valence-corrected chi connectivity index (χ2v) is 5.86. The monoisotopic (exact) mass is 352 g/mol. The van der Waals surface area contributed by atoms with Crippen molar-refractivity contribution in [3.8, 4) is 11.8 Å². The van der Waals surface area contributed by atoms with E-state index in [1.807, 2.05) is 37.3 Å². The van der Waals surface area contributed by atoms with Crippen LogP contribution in [0, 0.1) is 18.3 Å². The van der Waals surface area contributed by atoms with Crippen LogP contribution in [0.4, 0.5) is 0 Å². The van der Waals surface area contributed by atoms with E-state index in [0.717, 1.165) is 11.1 Å². The molecular formula is C20H20N2O4. The summed E-state index contributed by atoms with van der Waals surface area (Å²) in [5.41, 5.74) is 2.40. The molecule has 1 aromatic carbocycles. The van der Waals surface area contributed by atoms with Gasteiger partial charge in [0.15, 0.2) is 11.5 Å². The van der Waals surface area contributed by atoms with E-state index in [9.17, 15) is 20.0 Å². The number of nitrogens with zero attached hydrogens (tertiary/aromatic N) is 2. The molecule has 2 rings (SSSR count). The first-order valence-corrected chi connectivity index (χ1v) is 8.32. The van der Waals surface area contributed by atoms with Gasteiger partial charge in [0, 0.05) is 18.5 Å². The summed E-state index contributed by atoms with van der Waals surface area (Å²) in [5, 5.41) is 19.3. The van der Waals surface area contributed by atoms with Gasteiger partial charge in [0.25, 0.3) is 0 Å². The van der Waals surface area contributed by atoms with Gasteiger partial charge in [-0.3, -0.25) is 9.59 Å². The van der Waals surface area contributed by atoms with Crippen molar-refractivity contribution in [3.63, 3.8) is 0 Å². The normalized spacial score (nSPS) is 10.2. The number of nitriles is 1. The number of ketones is 1. The van der Waals surface area contributed by atoms with E-state index in [-0.39, 0.29) is 30.7 Å². The molecule has 0 radical (unpaired) electrons. The molecule has 6 nitrogen and oxygen atoms in total. The smallest absolute Gasteiger partial charge is 0.306 e. The maximum Gasteiger partial charge on any atom is 0.306 e. The van der Waals surface area contributed by atoms with E-state index in [4.69, 9.17) is 4.74 Å². The van der Waals surface area contributed by atoms with Crippen molar-refractivity contribution >= 4 is 11.8 Å². The molecular weight excluding hydrogens is 332 g/mol. The minimum atomic E-state index is -0.502. The molecule has 0 spiro atoms. The lowest BCUT2D eigenvalue weighted by Crippen LogP contribution is -2.11. The van der Waals surface area contributed by atoms with Crippen LogP contribution >= 0.6 is 0 Å². The Morgan fingerprint density at radius 3 is 2.54 bits per heavy atom. The van der Waals surface area contributed by atoms with Crippen LogP contribution in [0.15, 0.2) is 30.3 Å². The number of aryl methyl sites for hydroxylation is 1. The number of hydrogen-bond acceptors (Lipinski definition) is 6. The lowest BCUT2D eigenvalue weighted by molar-refractivity contribution is -0.143. The van der Waals surface area contributed by atoms with E-state index in [0.29, 0.717) is 12.1 Å². The van der Waals surface area contributed by atoms with E-state index in [1.165, 1.54) is 6.07 Å². The molecule has 26 heavy (non-hydrogen) atoms. The van der Waals surface area contributed by atoms with E-state index in [1.54, 1.807) is 6.92 Å². The number of Topliss-reactive ketones (excluding diaryl/α,β-unsaturated/α-hetero) is 1. The Morgan fingerprint density at radius 1 is 1.23 bits per heavy atom. The molecule has 0 atom stereocenters. The molecule has 0 bridgehead atoms. The number of rotatable bonds is 7. The van der Waals surface area contributed by atoms with Crippen molar-refractivity contribution in [1.82, 2.24) is 4.98 Å². The Hall–Kier alpha value is -3.20. The van der Waals surface area contributed by atoms with Crippen molar-refractivity contribution in [2.75, 3.05) is 6.61 Å². The van der Waals surface area contributed by atoms with Gasteiger partial charge in [-0.2, -0.15) is 5.26 Å². The molecule has 0 aliphatic heterocycles. The summed E-state index contributed by atoms with van der Waals surface area (Å²) >= 11 is 0. The molecule has 0 unspecified atom stereocenters. The second-order valence-electron chi connectivity index (χ2n) is 5.86. The van der Waals surface area contributed by atoms with Crippen LogP contribution in [0.1, 0.15) is 52.6 Å². The average molecular weight is 352 g/mol. The zero-order chi connectivity index (χ0) is 19.1. The largest absolute Gasteiger partial charge is 0.504 e. The summed E-state index contributed by atoms with van der Waals surface area (Å²) in [6.45, 7) is 3.90. The van der Waals surface area contributed by atoms with Gasteiger partial charge in [0.05, 0.1) is 18.6 Å². The Balaban J connectivity index is 2.25. The van der Waals surface area contributed by atoms with Crippen LogP contribution in [-0.4, -0.2) is 28.4 Å². The molecule has 1 aromatic heterocycles. The Labute approximate surface area is 152 Å². The molecule has 0 saturated heterocycles. The molecule has 1 N–H and O–H groups in total. The Kier molecular flexibility index (Phi) is 6.45. The topological polar surface area (TPSA) is 100 Å². The molecule has 0 fully saturated rings. The lowest BCUT2D eigenvalue weighted by atomic mass is 10.0. The highest BCUT2D eigenvalue weighted by atomic mass is 16.5. The van der Waals surface area contributed by atoms with Crippen molar-refractivity contribution in [2.45, 2.75) is 33.1 Å². The number of carbonyl (C=O) groups excluding carboxylic acids is 2. The maximum absolute atomic E-state index is 12.4. The highest BCUT2D eigenvalue weighted by Gasteiger charge is 2.19. The van der Waals surface area contributed by atoms with Crippen LogP contribution in [0.5, 0.6) is 5.75 Å². The standard InChI is InChI=1S/C20H20N2O4/c1-3-26-18(24)9-8-17(23)19-20(25)15(12-21)11-16(22-19)10-14-6-4-13(2)5-7-14/h4-7,11,25H,3,8-10H2,1-2H3. The molecule has 0 aliphatic rings. The summed E-state index contributed by atoms with van der Waals surface area (Å²) < 4.78 is 4.79. The first-order valence-electron chi connectivity index (χ1n) is 8.32. The quantitative estimate of drug-likeness (QED) is 0.607. The van der Waals surface area contributed by atoms with Gasteiger partial charge in [-0.15, -0.1) is 0 Å². The summed E-state index contributed by atoms with van der Waals surface area (Å²) in [6.07, 6.45) is 0.184. The number of aromatic hydroxyl groups is 1. The number of aromatic nitrogens is 1. The van der Waals surface area contributed by atoms with Gasteiger partial charge < -0.3 is 9.84 Å². The van der Waals surface area contributed by atoms with E-state index < -0.39 is 17.5 Å². The summed E-state index contributed by atoms with van der Waals surface area (Å²) in [7, 11) is 0. The van der Waals surface area contributed by atoms with Crippen LogP contribution in [0.25, 0.3) is 0 Å². The molecule has 1 heterocycles. The summed E-state index contributed by atoms with van der Waals surface area (Å²) in [6, 6.07) is 11.2. The number of ether oxygens (including phenoxy) is 1. The maximum atomic E-state index is 12.4. The van der Waals surface area contributed by atoms with Crippen LogP contribution in [0.2, 0.25) is 0 Å². The molecule has 0 saturated carbocycles. The highest BCUT2D eigenvalue weighted by molar-refractivity contribution is 5.98. The van der Waals surface area contributed by atoms with E-state index in [2.05, 4.69) is 4.98 Å². The number of benzene rings is 1. The molecule has 2 aromatic rings. The number of pyridine rings is 1. The van der Waals surface area contributed by atoms with Crippen molar-refractivity contribution in [2.24, 2.45) is 0 Å². The van der Waals surface area contributed by atoms with Crippen LogP contribution in [-0.2, 0) is 16.0 Å². The average Bonchev–Trinajstić information content (AvgIpc) is 2.63. The summed E-state index contributed by atoms with van der Waals surface area (Å²) in [5.74, 6) is -1.44. The Morgan fingerprint density at radius 2 is 1.92 bits per heavy atom. The third-order valence-electron chi connectivity index (χ3n) is 3.80. The van der Waals surface area contributed by atoms with Gasteiger partial charge in [-0.05, 0) is 25.5 Å². The lowest BCUT2D eigenvalue weighted by Gasteiger charge is -2.09. The third-order valence-corrected chi connectivity index (χ3v) is 3.80. The van der Waals surface area contributed by atoms with Crippen molar-refractivity contribution in [1.29, 1.82) is 5.26 Å². The molecule has 0 aliphatic carbocycles. The minimum absolute atomic E-state index is 0.0124. The minimum Gasteiger partial charge on any atom is -0.504 e. The predicted octanol–water partition coefficient (Wildman–Crippen LogP) is 3.08. The van der Waals surface area contributed by atoms with Crippen molar-refractivity contribution in [3.05, 3.63) is 58.4 Å². The van der Waals surface area contributed by atoms with Gasteiger partial charge in [-0.1, -0.05) is 29.8 Å². The van der Waals surface area contributed by atoms with Gasteiger partial charge in [0.1, 0.15) is 11.8 Å². The summed E-state index contributed by atoms with van der Waals surface area (Å²) in [4.78, 5) is 28.0. The molecule has 6 heteroatoms. The first-order chi connectivity index (χ1) is 12.4. The number of esters is 1. The third kappa shape index (κ3) is 4.90. The van der Waals surface area contributed by atoms with Gasteiger partial charge in [0.2, 0.25) is 0 Å². The van der Waals surface area contributed by atoms with E-state index >= 15 is 0 Å². The van der Waals surface area contributed by atoms with Crippen LogP contribution < -0.4 is 0 Å². The number of hydrogen-bond donors (Lipinski definition) is 1. The Bertz CT molecular complexity index is 851. The van der Waals surface area contributed by atoms with Crippen LogP contribution in [0.3, 0.4) is 0 Å². The fraction of sp³-hybridized carbons (Fsp3) is 0.300. The van der Waals surface area contributed by atoms with Crippen molar-refractivity contribution < 1.29 is 19.4 Å². The SMILES string of the molecule is CCOC(=O)CCC(=O)c1nc(Cc2ccc(C)cc2)cc(C#N)c1O. The fourth-order valence-electron chi connectivity index (χ4n) is 2.44.